The zero-order valence-corrected chi connectivity index (χ0v) is 61.6. The van der Waals surface area contributed by atoms with Crippen LogP contribution >= 0.6 is 0 Å². The summed E-state index contributed by atoms with van der Waals surface area (Å²) in [6.45, 7) is 16.0. The van der Waals surface area contributed by atoms with E-state index in [1.807, 2.05) is 0 Å². The van der Waals surface area contributed by atoms with Gasteiger partial charge in [-0.05, 0) is 38.5 Å². The van der Waals surface area contributed by atoms with Gasteiger partial charge >= 0.3 is 0 Å². The first-order valence-corrected chi connectivity index (χ1v) is 42.0. The second kappa shape index (κ2) is 60.8. The highest BCUT2D eigenvalue weighted by Gasteiger charge is 2.68. The molecule has 2 aliphatic rings. The highest BCUT2D eigenvalue weighted by atomic mass is 16.7. The minimum Gasteiger partial charge on any atom is -0.366 e. The van der Waals surface area contributed by atoms with E-state index in [0.717, 1.165) is 13.2 Å². The van der Waals surface area contributed by atoms with Crippen molar-refractivity contribution >= 4 is 0 Å². The Morgan fingerprint density at radius 3 is 0.460 bits per heavy atom. The Morgan fingerprint density at radius 1 is 0.195 bits per heavy atom. The maximum absolute atomic E-state index is 8.90. The molecule has 0 spiro atoms. The van der Waals surface area contributed by atoms with Crippen molar-refractivity contribution in [2.75, 3.05) is 13.2 Å². The minimum absolute atomic E-state index is 0.129. The van der Waals surface area contributed by atoms with Crippen LogP contribution in [-0.2, 0) is 14.2 Å². The number of rotatable bonds is 76. The summed E-state index contributed by atoms with van der Waals surface area (Å²) in [6.07, 6.45) is 99.8. The van der Waals surface area contributed by atoms with Crippen LogP contribution in [0.1, 0.15) is 504 Å². The van der Waals surface area contributed by atoms with Crippen LogP contribution < -0.4 is 0 Å². The zero-order chi connectivity index (χ0) is 62.4. The third kappa shape index (κ3) is 43.5. The van der Waals surface area contributed by atoms with E-state index in [1.54, 1.807) is 0 Å². The van der Waals surface area contributed by atoms with E-state index in [2.05, 4.69) is 41.5 Å². The summed E-state index contributed by atoms with van der Waals surface area (Å²) in [4.78, 5) is 0. The fraction of sp³-hybridized carbons (Fsp3) is 1.00. The number of ether oxygens (including phenoxy) is 3. The molecule has 0 saturated carbocycles. The summed E-state index contributed by atoms with van der Waals surface area (Å²) in [5.74, 6) is 0. The number of epoxide rings is 2. The van der Waals surface area contributed by atoms with E-state index < -0.39 is 0 Å². The number of hydrogen-bond acceptors (Lipinski definition) is 3. The van der Waals surface area contributed by atoms with E-state index in [4.69, 9.17) is 14.2 Å². The fourth-order valence-corrected chi connectivity index (χ4v) is 15.8. The van der Waals surface area contributed by atoms with Crippen LogP contribution in [0.25, 0.3) is 0 Å². The molecule has 0 aromatic heterocycles. The standard InChI is InChI=1S/C84H166O3/c1-7-13-19-25-31-37-43-47-53-57-63-69-75-81(73-67-61-55-51-45-39-33-27-21-15-9-3,83(79-85-83)77-71-65-59-49-41-35-29-23-17-11-5)87-82(74-68-62-56-52-46-40-34-28-22-16-10-4,76-70-64-58-54-48-44-38-32-26-20-14-8-2)84(80-86-84)78-72-66-60-50-42-36-30-24-18-12-6/h7-80H2,1-6H3. The minimum atomic E-state index is -0.227. The van der Waals surface area contributed by atoms with Crippen LogP contribution in [0.4, 0.5) is 0 Å². The molecule has 4 atom stereocenters. The average molecular weight is 1220 g/mol. The van der Waals surface area contributed by atoms with Gasteiger partial charge in [0.2, 0.25) is 0 Å². The first-order chi connectivity index (χ1) is 43.0. The molecule has 2 heterocycles. The van der Waals surface area contributed by atoms with Crippen molar-refractivity contribution in [1.29, 1.82) is 0 Å². The number of hydrogen-bond donors (Lipinski definition) is 0. The van der Waals surface area contributed by atoms with Crippen LogP contribution in [0.5, 0.6) is 0 Å². The highest BCUT2D eigenvalue weighted by Crippen LogP contribution is 2.58. The quantitative estimate of drug-likeness (QED) is 0.0450. The molecule has 520 valence electrons. The van der Waals surface area contributed by atoms with Gasteiger partial charge < -0.3 is 14.2 Å². The summed E-state index contributed by atoms with van der Waals surface area (Å²) in [5.41, 5.74) is -0.712. The topological polar surface area (TPSA) is 34.3 Å². The van der Waals surface area contributed by atoms with Crippen molar-refractivity contribution < 1.29 is 14.2 Å². The Hall–Kier alpha value is -0.120. The van der Waals surface area contributed by atoms with Gasteiger partial charge in [0.15, 0.2) is 0 Å². The first-order valence-electron chi connectivity index (χ1n) is 42.0. The monoisotopic (exact) mass is 1220 g/mol. The molecule has 2 saturated heterocycles. The molecule has 0 aromatic carbocycles. The number of unbranched alkanes of at least 4 members (excludes halogenated alkanes) is 60. The fourth-order valence-electron chi connectivity index (χ4n) is 15.8. The van der Waals surface area contributed by atoms with Crippen LogP contribution in [0.3, 0.4) is 0 Å². The lowest BCUT2D eigenvalue weighted by molar-refractivity contribution is -0.230. The van der Waals surface area contributed by atoms with E-state index >= 15 is 0 Å². The second-order valence-corrected chi connectivity index (χ2v) is 30.4. The molecule has 3 heteroatoms. The van der Waals surface area contributed by atoms with Gasteiger partial charge in [-0.15, -0.1) is 0 Å². The van der Waals surface area contributed by atoms with Gasteiger partial charge in [0.1, 0.15) is 22.4 Å². The summed E-state index contributed by atoms with van der Waals surface area (Å²) in [6, 6.07) is 0. The van der Waals surface area contributed by atoms with Gasteiger partial charge in [0.05, 0.1) is 13.2 Å². The van der Waals surface area contributed by atoms with Crippen molar-refractivity contribution in [1.82, 2.24) is 0 Å². The summed E-state index contributed by atoms with van der Waals surface area (Å²) >= 11 is 0. The largest absolute Gasteiger partial charge is 0.366 e. The normalized spacial score (nSPS) is 18.0. The lowest BCUT2D eigenvalue weighted by Crippen LogP contribution is -2.59. The van der Waals surface area contributed by atoms with Crippen molar-refractivity contribution in [2.24, 2.45) is 0 Å². The molecule has 3 nitrogen and oxygen atoms in total. The Bertz CT molecular complexity index is 1250. The molecule has 0 amide bonds. The van der Waals surface area contributed by atoms with Crippen molar-refractivity contribution in [2.45, 2.75) is 526 Å². The molecular formula is C84H166O3. The summed E-state index contributed by atoms with van der Waals surface area (Å²) in [7, 11) is 0. The molecular weight excluding hydrogens is 1060 g/mol. The third-order valence-corrected chi connectivity index (χ3v) is 22.1. The smallest absolute Gasteiger partial charge is 0.120 e. The van der Waals surface area contributed by atoms with Gasteiger partial charge in [-0.2, -0.15) is 0 Å². The SMILES string of the molecule is CCCCCCCCCCCCCCC(CCCCCCCCCCCCC)(OC(CCCCCCCCCCCCC)(CCCCCCCCCCCCCC)C1(CCCCCCCCCCCC)CO1)C1(CCCCCCCCCCCC)CO1. The molecule has 4 unspecified atom stereocenters. The van der Waals surface area contributed by atoms with Crippen molar-refractivity contribution in [3.63, 3.8) is 0 Å². The predicted molar refractivity (Wildman–Crippen MR) is 390 cm³/mol. The van der Waals surface area contributed by atoms with Gasteiger partial charge in [0.25, 0.3) is 0 Å². The maximum atomic E-state index is 8.90. The van der Waals surface area contributed by atoms with Gasteiger partial charge in [-0.25, -0.2) is 0 Å². The molecule has 0 aliphatic carbocycles. The van der Waals surface area contributed by atoms with Crippen molar-refractivity contribution in [3.05, 3.63) is 0 Å². The van der Waals surface area contributed by atoms with Crippen LogP contribution in [-0.4, -0.2) is 35.6 Å². The second-order valence-electron chi connectivity index (χ2n) is 30.4. The third-order valence-electron chi connectivity index (χ3n) is 22.1. The molecule has 87 heavy (non-hydrogen) atoms. The first kappa shape index (κ1) is 83.0. The molecule has 2 aliphatic heterocycles. The van der Waals surface area contributed by atoms with Crippen LogP contribution in [0, 0.1) is 0 Å². The van der Waals surface area contributed by atoms with E-state index in [9.17, 15) is 0 Å². The lowest BCUT2D eigenvalue weighted by Gasteiger charge is -2.50. The highest BCUT2D eigenvalue weighted by molar-refractivity contribution is 5.17. The Morgan fingerprint density at radius 2 is 0.322 bits per heavy atom. The molecule has 2 fully saturated rings. The summed E-state index contributed by atoms with van der Waals surface area (Å²) < 4.78 is 23.4. The van der Waals surface area contributed by atoms with Crippen LogP contribution in [0.15, 0.2) is 0 Å². The molecule has 0 N–H and O–H groups in total. The van der Waals surface area contributed by atoms with Gasteiger partial charge in [0, 0.05) is 0 Å². The zero-order valence-electron chi connectivity index (χ0n) is 61.6. The molecule has 2 rings (SSSR count). The Kier molecular flexibility index (Phi) is 58.0. The molecule has 0 bridgehead atoms. The summed E-state index contributed by atoms with van der Waals surface area (Å²) in [5, 5.41) is 0. The molecule has 0 radical (unpaired) electrons. The van der Waals surface area contributed by atoms with Gasteiger partial charge in [-0.3, -0.25) is 0 Å². The van der Waals surface area contributed by atoms with E-state index in [1.165, 1.54) is 462 Å². The Balaban J connectivity index is 2.55. The van der Waals surface area contributed by atoms with Crippen LogP contribution in [0.2, 0.25) is 0 Å². The molecule has 0 aromatic rings. The van der Waals surface area contributed by atoms with Gasteiger partial charge in [-0.1, -0.05) is 465 Å². The van der Waals surface area contributed by atoms with E-state index in [-0.39, 0.29) is 22.4 Å². The van der Waals surface area contributed by atoms with E-state index in [0.29, 0.717) is 0 Å². The maximum Gasteiger partial charge on any atom is 0.120 e. The average Bonchev–Trinajstić information content (AvgIpc) is 1.60. The predicted octanol–water partition coefficient (Wildman–Crippen LogP) is 30.2. The lowest BCUT2D eigenvalue weighted by atomic mass is 9.71. The van der Waals surface area contributed by atoms with Crippen molar-refractivity contribution in [3.8, 4) is 0 Å². The Labute approximate surface area is 550 Å².